The molecule has 0 aromatic heterocycles. The third-order valence-corrected chi connectivity index (χ3v) is 5.42. The summed E-state index contributed by atoms with van der Waals surface area (Å²) < 4.78 is 31.5. The second-order valence-corrected chi connectivity index (χ2v) is 6.51. The van der Waals surface area contributed by atoms with E-state index >= 15 is 0 Å². The fourth-order valence-electron chi connectivity index (χ4n) is 2.36. The quantitative estimate of drug-likeness (QED) is 0.903. The lowest BCUT2D eigenvalue weighted by Gasteiger charge is -2.33. The first-order valence-electron chi connectivity index (χ1n) is 6.36. The third-order valence-electron chi connectivity index (χ3n) is 3.45. The average Bonchev–Trinajstić information content (AvgIpc) is 2.47. The van der Waals surface area contributed by atoms with Crippen LogP contribution in [0.25, 0.3) is 0 Å². The van der Waals surface area contributed by atoms with Gasteiger partial charge >= 0.3 is 0 Å². The fourth-order valence-corrected chi connectivity index (χ4v) is 4.04. The van der Waals surface area contributed by atoms with Crippen LogP contribution >= 0.6 is 0 Å². The van der Waals surface area contributed by atoms with Crippen LogP contribution in [0.1, 0.15) is 19.3 Å². The molecular formula is C13H19NO4S. The van der Waals surface area contributed by atoms with Gasteiger partial charge in [0.05, 0.1) is 18.6 Å². The molecule has 0 unspecified atom stereocenters. The highest BCUT2D eigenvalue weighted by Crippen LogP contribution is 2.26. The zero-order valence-electron chi connectivity index (χ0n) is 10.9. The second-order valence-electron chi connectivity index (χ2n) is 4.62. The number of hydrogen-bond acceptors (Lipinski definition) is 4. The number of methoxy groups -OCH3 is 1. The van der Waals surface area contributed by atoms with Crippen molar-refractivity contribution in [2.24, 2.45) is 0 Å². The molecule has 1 saturated heterocycles. The number of nitrogens with zero attached hydrogens (tertiary/aromatic N) is 1. The third kappa shape index (κ3) is 2.91. The van der Waals surface area contributed by atoms with Crippen LogP contribution in [0.2, 0.25) is 0 Å². The van der Waals surface area contributed by atoms with Crippen LogP contribution in [0.15, 0.2) is 29.2 Å². The molecule has 2 rings (SSSR count). The molecule has 5 nitrogen and oxygen atoms in total. The number of aliphatic hydroxyl groups is 1. The molecule has 0 amide bonds. The molecule has 1 aliphatic rings. The number of rotatable bonds is 4. The van der Waals surface area contributed by atoms with Crippen molar-refractivity contribution in [3.8, 4) is 5.75 Å². The number of benzene rings is 1. The minimum atomic E-state index is -3.53. The van der Waals surface area contributed by atoms with E-state index in [1.54, 1.807) is 12.1 Å². The normalized spacial score (nSPS) is 21.3. The summed E-state index contributed by atoms with van der Waals surface area (Å²) in [7, 11) is -1.99. The van der Waals surface area contributed by atoms with Crippen LogP contribution in [0.3, 0.4) is 0 Å². The molecule has 0 spiro atoms. The van der Waals surface area contributed by atoms with Crippen LogP contribution < -0.4 is 4.74 Å². The summed E-state index contributed by atoms with van der Waals surface area (Å²) in [6.07, 6.45) is 2.51. The fraction of sp³-hybridized carbons (Fsp3) is 0.538. The zero-order valence-corrected chi connectivity index (χ0v) is 11.8. The molecule has 0 saturated carbocycles. The number of hydrogen-bond donors (Lipinski definition) is 1. The monoisotopic (exact) mass is 285 g/mol. The number of sulfonamides is 1. The van der Waals surface area contributed by atoms with E-state index in [2.05, 4.69) is 0 Å². The Labute approximate surface area is 113 Å². The summed E-state index contributed by atoms with van der Waals surface area (Å²) in [5.41, 5.74) is 0. The van der Waals surface area contributed by atoms with Gasteiger partial charge in [-0.05, 0) is 37.1 Å². The zero-order chi connectivity index (χ0) is 13.9. The minimum Gasteiger partial charge on any atom is -0.497 e. The molecule has 19 heavy (non-hydrogen) atoms. The van der Waals surface area contributed by atoms with Crippen molar-refractivity contribution in [3.63, 3.8) is 0 Å². The van der Waals surface area contributed by atoms with Gasteiger partial charge in [0.15, 0.2) is 0 Å². The van der Waals surface area contributed by atoms with Gasteiger partial charge in [0, 0.05) is 12.6 Å². The second kappa shape index (κ2) is 5.90. The van der Waals surface area contributed by atoms with E-state index in [0.29, 0.717) is 18.7 Å². The molecule has 6 heteroatoms. The van der Waals surface area contributed by atoms with Crippen LogP contribution in [0.5, 0.6) is 5.75 Å². The maximum Gasteiger partial charge on any atom is 0.243 e. The summed E-state index contributed by atoms with van der Waals surface area (Å²) in [6.45, 7) is 0.342. The Kier molecular flexibility index (Phi) is 4.44. The molecule has 1 atom stereocenters. The maximum atomic E-state index is 12.5. The van der Waals surface area contributed by atoms with Gasteiger partial charge in [-0.15, -0.1) is 0 Å². The minimum absolute atomic E-state index is 0.130. The van der Waals surface area contributed by atoms with Gasteiger partial charge < -0.3 is 9.84 Å². The summed E-state index contributed by atoms with van der Waals surface area (Å²) in [5, 5.41) is 9.33. The van der Waals surface area contributed by atoms with Crippen molar-refractivity contribution in [3.05, 3.63) is 24.3 Å². The summed E-state index contributed by atoms with van der Waals surface area (Å²) >= 11 is 0. The first kappa shape index (κ1) is 14.3. The van der Waals surface area contributed by atoms with Crippen molar-refractivity contribution in [1.29, 1.82) is 0 Å². The molecule has 0 radical (unpaired) electrons. The molecule has 1 aliphatic heterocycles. The molecule has 1 N–H and O–H groups in total. The Morgan fingerprint density at radius 3 is 2.58 bits per heavy atom. The molecule has 106 valence electrons. The highest BCUT2D eigenvalue weighted by atomic mass is 32.2. The first-order chi connectivity index (χ1) is 9.09. The van der Waals surface area contributed by atoms with Crippen LogP contribution in [0, 0.1) is 0 Å². The van der Waals surface area contributed by atoms with Crippen molar-refractivity contribution in [2.75, 3.05) is 20.3 Å². The van der Waals surface area contributed by atoms with Gasteiger partial charge in [0.25, 0.3) is 0 Å². The van der Waals surface area contributed by atoms with Gasteiger partial charge in [-0.1, -0.05) is 6.42 Å². The van der Waals surface area contributed by atoms with E-state index in [1.165, 1.54) is 23.5 Å². The first-order valence-corrected chi connectivity index (χ1v) is 7.80. The number of aliphatic hydroxyl groups excluding tert-OH is 1. The van der Waals surface area contributed by atoms with Gasteiger partial charge in [0.1, 0.15) is 5.75 Å². The topological polar surface area (TPSA) is 66.8 Å². The van der Waals surface area contributed by atoms with Gasteiger partial charge in [-0.3, -0.25) is 0 Å². The molecule has 0 bridgehead atoms. The molecule has 0 aliphatic carbocycles. The van der Waals surface area contributed by atoms with Crippen molar-refractivity contribution in [2.45, 2.75) is 30.2 Å². The summed E-state index contributed by atoms with van der Waals surface area (Å²) in [4.78, 5) is 0.244. The van der Waals surface area contributed by atoms with Crippen molar-refractivity contribution >= 4 is 10.0 Å². The van der Waals surface area contributed by atoms with Crippen molar-refractivity contribution in [1.82, 2.24) is 4.31 Å². The van der Waals surface area contributed by atoms with E-state index < -0.39 is 10.0 Å². The van der Waals surface area contributed by atoms with Gasteiger partial charge in [-0.2, -0.15) is 4.31 Å². The van der Waals surface area contributed by atoms with Gasteiger partial charge in [0.2, 0.25) is 10.0 Å². The lowest BCUT2D eigenvalue weighted by atomic mass is 10.1. The summed E-state index contributed by atoms with van der Waals surface area (Å²) in [6, 6.07) is 6.03. The Bertz CT molecular complexity index is 512. The molecule has 1 heterocycles. The SMILES string of the molecule is COc1ccc(S(=O)(=O)N2CCCC[C@@H]2CO)cc1. The summed E-state index contributed by atoms with van der Waals surface area (Å²) in [5.74, 6) is 0.622. The number of ether oxygens (including phenoxy) is 1. The van der Waals surface area contributed by atoms with E-state index in [1.807, 2.05) is 0 Å². The van der Waals surface area contributed by atoms with Crippen LogP contribution in [0.4, 0.5) is 0 Å². The van der Waals surface area contributed by atoms with Gasteiger partial charge in [-0.25, -0.2) is 8.42 Å². The molecule has 1 aromatic carbocycles. The molecular weight excluding hydrogens is 266 g/mol. The highest BCUT2D eigenvalue weighted by molar-refractivity contribution is 7.89. The van der Waals surface area contributed by atoms with E-state index in [-0.39, 0.29) is 17.5 Å². The lowest BCUT2D eigenvalue weighted by molar-refractivity contribution is 0.155. The largest absolute Gasteiger partial charge is 0.497 e. The Balaban J connectivity index is 2.29. The predicted octanol–water partition coefficient (Wildman–Crippen LogP) is 1.23. The highest BCUT2D eigenvalue weighted by Gasteiger charge is 2.32. The van der Waals surface area contributed by atoms with Crippen molar-refractivity contribution < 1.29 is 18.3 Å². The maximum absolute atomic E-state index is 12.5. The Hall–Kier alpha value is -1.11. The number of piperidine rings is 1. The average molecular weight is 285 g/mol. The van der Waals surface area contributed by atoms with E-state index in [9.17, 15) is 13.5 Å². The van der Waals surface area contributed by atoms with E-state index in [0.717, 1.165) is 12.8 Å². The Morgan fingerprint density at radius 1 is 1.32 bits per heavy atom. The Morgan fingerprint density at radius 2 is 2.00 bits per heavy atom. The smallest absolute Gasteiger partial charge is 0.243 e. The lowest BCUT2D eigenvalue weighted by Crippen LogP contribution is -2.45. The molecule has 1 aromatic rings. The van der Waals surface area contributed by atoms with E-state index in [4.69, 9.17) is 4.74 Å². The molecule has 1 fully saturated rings. The van der Waals surface area contributed by atoms with Crippen LogP contribution in [-0.2, 0) is 10.0 Å². The van der Waals surface area contributed by atoms with Crippen LogP contribution in [-0.4, -0.2) is 44.1 Å². The predicted molar refractivity (Wildman–Crippen MR) is 71.6 cm³/mol. The standard InChI is InChI=1S/C13H19NO4S/c1-18-12-5-7-13(8-6-12)19(16,17)14-9-3-2-4-11(14)10-15/h5-8,11,15H,2-4,9-10H2,1H3/t11-/m1/s1.